The molecule has 0 radical (unpaired) electrons. The van der Waals surface area contributed by atoms with Crippen LogP contribution in [0.25, 0.3) is 0 Å². The molecule has 0 heterocycles. The van der Waals surface area contributed by atoms with Crippen molar-refractivity contribution in [3.8, 4) is 0 Å². The smallest absolute Gasteiger partial charge is 0.337 e. The molecule has 1 aromatic carbocycles. The minimum absolute atomic E-state index is 0.146. The predicted molar refractivity (Wildman–Crippen MR) is 73.8 cm³/mol. The fourth-order valence-electron chi connectivity index (χ4n) is 1.50. The molecule has 0 aromatic heterocycles. The van der Waals surface area contributed by atoms with Crippen LogP contribution in [0.4, 0.5) is 11.4 Å². The summed E-state index contributed by atoms with van der Waals surface area (Å²) in [7, 11) is 0. The average molecular weight is 254 g/mol. The third kappa shape index (κ3) is 4.19. The van der Waals surface area contributed by atoms with Gasteiger partial charge in [-0.25, -0.2) is 4.79 Å². The van der Waals surface area contributed by atoms with Crippen molar-refractivity contribution < 1.29 is 9.90 Å². The van der Waals surface area contributed by atoms with Crippen LogP contribution in [0.5, 0.6) is 0 Å². The molecular weight excluding hydrogens is 236 g/mol. The number of nitrogens with one attached hydrogen (secondary N) is 1. The third-order valence-electron chi connectivity index (χ3n) is 2.39. The molecule has 0 aliphatic rings. The molecule has 4 nitrogen and oxygen atoms in total. The van der Waals surface area contributed by atoms with Crippen molar-refractivity contribution in [3.63, 3.8) is 0 Å². The Morgan fingerprint density at radius 3 is 2.82 bits per heavy atom. The van der Waals surface area contributed by atoms with E-state index in [4.69, 9.17) is 10.8 Å². The lowest BCUT2D eigenvalue weighted by Crippen LogP contribution is -2.13. The molecule has 0 saturated carbocycles. The van der Waals surface area contributed by atoms with Crippen LogP contribution in [0.1, 0.15) is 17.3 Å². The van der Waals surface area contributed by atoms with Crippen molar-refractivity contribution >= 4 is 29.1 Å². The Kier molecular flexibility index (Phi) is 5.15. The molecule has 0 fully saturated rings. The number of rotatable bonds is 6. The van der Waals surface area contributed by atoms with Gasteiger partial charge in [0.2, 0.25) is 0 Å². The third-order valence-corrected chi connectivity index (χ3v) is 3.29. The maximum Gasteiger partial charge on any atom is 0.337 e. The lowest BCUT2D eigenvalue weighted by atomic mass is 10.1. The number of nitrogen functional groups attached to an aromatic ring is 1. The Morgan fingerprint density at radius 1 is 1.59 bits per heavy atom. The van der Waals surface area contributed by atoms with Crippen LogP contribution >= 0.6 is 11.8 Å². The number of carbonyl (C=O) groups is 1. The zero-order valence-electron chi connectivity index (χ0n) is 10.1. The molecule has 0 aliphatic carbocycles. The van der Waals surface area contributed by atoms with Gasteiger partial charge in [0, 0.05) is 17.9 Å². The number of aromatic carboxylic acids is 1. The molecule has 1 rings (SSSR count). The summed E-state index contributed by atoms with van der Waals surface area (Å²) in [6.45, 7) is 3.02. The first-order chi connectivity index (χ1) is 8.04. The zero-order valence-corrected chi connectivity index (χ0v) is 10.9. The Labute approximate surface area is 106 Å². The van der Waals surface area contributed by atoms with Gasteiger partial charge >= 0.3 is 5.97 Å². The normalized spacial score (nSPS) is 12.1. The summed E-state index contributed by atoms with van der Waals surface area (Å²) in [6, 6.07) is 4.93. The first kappa shape index (κ1) is 13.7. The van der Waals surface area contributed by atoms with Crippen LogP contribution in [0, 0.1) is 5.92 Å². The van der Waals surface area contributed by atoms with E-state index in [1.807, 2.05) is 11.8 Å². The van der Waals surface area contributed by atoms with Crippen molar-refractivity contribution in [2.45, 2.75) is 6.92 Å². The fourth-order valence-corrected chi connectivity index (χ4v) is 2.19. The highest BCUT2D eigenvalue weighted by atomic mass is 32.2. The van der Waals surface area contributed by atoms with Crippen LogP contribution in [-0.4, -0.2) is 29.6 Å². The van der Waals surface area contributed by atoms with Gasteiger partial charge in [0.15, 0.2) is 0 Å². The van der Waals surface area contributed by atoms with E-state index in [2.05, 4.69) is 18.5 Å². The first-order valence-corrected chi connectivity index (χ1v) is 6.79. The second-order valence-corrected chi connectivity index (χ2v) is 4.96. The highest BCUT2D eigenvalue weighted by Gasteiger charge is 2.08. The average Bonchev–Trinajstić information content (AvgIpc) is 2.26. The molecule has 0 bridgehead atoms. The van der Waals surface area contributed by atoms with Crippen LogP contribution in [0.2, 0.25) is 0 Å². The largest absolute Gasteiger partial charge is 0.478 e. The molecule has 0 saturated heterocycles. The fraction of sp³-hybridized carbons (Fsp3) is 0.417. The van der Waals surface area contributed by atoms with Crippen LogP contribution in [0.15, 0.2) is 18.2 Å². The van der Waals surface area contributed by atoms with Gasteiger partial charge in [-0.3, -0.25) is 0 Å². The summed E-state index contributed by atoms with van der Waals surface area (Å²) in [6.07, 6.45) is 2.08. The molecule has 4 N–H and O–H groups in total. The van der Waals surface area contributed by atoms with Crippen LogP contribution in [0.3, 0.4) is 0 Å². The van der Waals surface area contributed by atoms with Gasteiger partial charge in [0.25, 0.3) is 0 Å². The van der Waals surface area contributed by atoms with Crippen LogP contribution < -0.4 is 11.1 Å². The van der Waals surface area contributed by atoms with Crippen molar-refractivity contribution in [2.75, 3.05) is 29.6 Å². The lowest BCUT2D eigenvalue weighted by Gasteiger charge is -2.13. The van der Waals surface area contributed by atoms with Gasteiger partial charge in [0.05, 0.1) is 5.56 Å². The monoisotopic (exact) mass is 254 g/mol. The Balaban J connectivity index is 2.62. The number of hydrogen-bond donors (Lipinski definition) is 3. The van der Waals surface area contributed by atoms with Crippen molar-refractivity contribution in [3.05, 3.63) is 23.8 Å². The number of anilines is 2. The van der Waals surface area contributed by atoms with Crippen molar-refractivity contribution in [2.24, 2.45) is 5.92 Å². The standard InChI is InChI=1S/C12H18N2O2S/c1-8(7-17-2)6-14-9-3-4-10(12(15)16)11(13)5-9/h3-5,8,14H,6-7,13H2,1-2H3,(H,15,16). The van der Waals surface area contributed by atoms with Gasteiger partial charge in [-0.05, 0) is 36.1 Å². The number of hydrogen-bond acceptors (Lipinski definition) is 4. The Morgan fingerprint density at radius 2 is 2.29 bits per heavy atom. The van der Waals surface area contributed by atoms with E-state index in [1.54, 1.807) is 12.1 Å². The topological polar surface area (TPSA) is 75.3 Å². The van der Waals surface area contributed by atoms with Crippen LogP contribution in [-0.2, 0) is 0 Å². The van der Waals surface area contributed by atoms with Gasteiger partial charge in [-0.1, -0.05) is 6.92 Å². The quantitative estimate of drug-likeness (QED) is 0.680. The molecule has 17 heavy (non-hydrogen) atoms. The van der Waals surface area contributed by atoms with E-state index in [1.165, 1.54) is 6.07 Å². The molecule has 0 amide bonds. The summed E-state index contributed by atoms with van der Waals surface area (Å²) in [5.74, 6) is 0.658. The molecule has 5 heteroatoms. The summed E-state index contributed by atoms with van der Waals surface area (Å²) < 4.78 is 0. The number of carboxylic acids is 1. The van der Waals surface area contributed by atoms with E-state index < -0.39 is 5.97 Å². The number of thioether (sulfide) groups is 1. The molecular formula is C12H18N2O2S. The minimum Gasteiger partial charge on any atom is -0.478 e. The van der Waals surface area contributed by atoms with E-state index in [0.29, 0.717) is 11.6 Å². The summed E-state index contributed by atoms with van der Waals surface area (Å²) in [5.41, 5.74) is 6.96. The number of nitrogens with two attached hydrogens (primary N) is 1. The summed E-state index contributed by atoms with van der Waals surface area (Å²) >= 11 is 1.81. The number of benzene rings is 1. The molecule has 0 aliphatic heterocycles. The van der Waals surface area contributed by atoms with Gasteiger partial charge < -0.3 is 16.2 Å². The first-order valence-electron chi connectivity index (χ1n) is 5.40. The van der Waals surface area contributed by atoms with E-state index in [-0.39, 0.29) is 5.56 Å². The van der Waals surface area contributed by atoms with E-state index in [0.717, 1.165) is 18.0 Å². The Bertz CT molecular complexity index is 396. The summed E-state index contributed by atoms with van der Waals surface area (Å²) in [5, 5.41) is 12.1. The van der Waals surface area contributed by atoms with Crippen molar-refractivity contribution in [1.29, 1.82) is 0 Å². The maximum absolute atomic E-state index is 10.8. The highest BCUT2D eigenvalue weighted by Crippen LogP contribution is 2.18. The lowest BCUT2D eigenvalue weighted by molar-refractivity contribution is 0.0698. The molecule has 1 unspecified atom stereocenters. The molecule has 1 aromatic rings. The maximum atomic E-state index is 10.8. The van der Waals surface area contributed by atoms with E-state index in [9.17, 15) is 4.79 Å². The molecule has 0 spiro atoms. The zero-order chi connectivity index (χ0) is 12.8. The van der Waals surface area contributed by atoms with Crippen molar-refractivity contribution in [1.82, 2.24) is 0 Å². The summed E-state index contributed by atoms with van der Waals surface area (Å²) in [4.78, 5) is 10.8. The van der Waals surface area contributed by atoms with Gasteiger partial charge in [0.1, 0.15) is 0 Å². The molecule has 1 atom stereocenters. The second kappa shape index (κ2) is 6.39. The van der Waals surface area contributed by atoms with Gasteiger partial charge in [-0.2, -0.15) is 11.8 Å². The second-order valence-electron chi connectivity index (χ2n) is 4.05. The molecule has 94 valence electrons. The SMILES string of the molecule is CSCC(C)CNc1ccc(C(=O)O)c(N)c1. The predicted octanol–water partition coefficient (Wildman–Crippen LogP) is 2.38. The highest BCUT2D eigenvalue weighted by molar-refractivity contribution is 7.98. The van der Waals surface area contributed by atoms with E-state index >= 15 is 0 Å². The Hall–Kier alpha value is -1.36. The minimum atomic E-state index is -0.996. The van der Waals surface area contributed by atoms with Gasteiger partial charge in [-0.15, -0.1) is 0 Å². The number of carboxylic acid groups (broad SMARTS) is 1.